The van der Waals surface area contributed by atoms with Crippen molar-refractivity contribution in [1.82, 2.24) is 10.6 Å². The number of amides is 2. The number of methoxy groups -OCH3 is 2. The molecule has 2 fully saturated rings. The zero-order valence-corrected chi connectivity index (χ0v) is 17.1. The number of hydrogen-bond acceptors (Lipinski definition) is 6. The van der Waals surface area contributed by atoms with E-state index in [2.05, 4.69) is 10.6 Å². The topological polar surface area (TPSA) is 107 Å². The van der Waals surface area contributed by atoms with Crippen LogP contribution in [0.1, 0.15) is 36.0 Å². The maximum Gasteiger partial charge on any atom is 0.349 e. The van der Waals surface area contributed by atoms with Gasteiger partial charge in [-0.05, 0) is 43.2 Å². The summed E-state index contributed by atoms with van der Waals surface area (Å²) < 4.78 is 15.9. The Bertz CT molecular complexity index is 1020. The third-order valence-corrected chi connectivity index (χ3v) is 6.21. The first-order valence-corrected chi connectivity index (χ1v) is 10.2. The van der Waals surface area contributed by atoms with Gasteiger partial charge >= 0.3 is 5.63 Å². The summed E-state index contributed by atoms with van der Waals surface area (Å²) in [6.07, 6.45) is 2.78. The number of para-hydroxylation sites is 1. The van der Waals surface area contributed by atoms with Gasteiger partial charge in [-0.2, -0.15) is 0 Å². The molecular formula is C22H26N2O6. The lowest BCUT2D eigenvalue weighted by Gasteiger charge is -2.43. The quantitative estimate of drug-likeness (QED) is 0.723. The fourth-order valence-corrected chi connectivity index (χ4v) is 4.81. The number of fused-ring (bicyclic) bond motifs is 2. The molecule has 0 spiro atoms. The highest BCUT2D eigenvalue weighted by Gasteiger charge is 2.41. The largest absolute Gasteiger partial charge is 0.493 e. The van der Waals surface area contributed by atoms with E-state index in [1.165, 1.54) is 13.2 Å². The van der Waals surface area contributed by atoms with E-state index in [0.29, 0.717) is 42.1 Å². The molecule has 4 atom stereocenters. The second-order valence-electron chi connectivity index (χ2n) is 8.07. The second-order valence-corrected chi connectivity index (χ2v) is 8.07. The van der Waals surface area contributed by atoms with Gasteiger partial charge in [0.15, 0.2) is 11.3 Å². The lowest BCUT2D eigenvalue weighted by atomic mass is 9.71. The molecule has 160 valence electrons. The number of nitrogens with one attached hydrogen (secondary N) is 2. The predicted molar refractivity (Wildman–Crippen MR) is 110 cm³/mol. The summed E-state index contributed by atoms with van der Waals surface area (Å²) in [5.41, 5.74) is -0.428. The average Bonchev–Trinajstić information content (AvgIpc) is 2.72. The van der Waals surface area contributed by atoms with Crippen LogP contribution >= 0.6 is 0 Å². The highest BCUT2D eigenvalue weighted by atomic mass is 16.5. The molecule has 1 saturated carbocycles. The van der Waals surface area contributed by atoms with Gasteiger partial charge < -0.3 is 24.5 Å². The Morgan fingerprint density at radius 2 is 2.10 bits per heavy atom. The van der Waals surface area contributed by atoms with Crippen LogP contribution in [0, 0.1) is 11.8 Å². The monoisotopic (exact) mass is 414 g/mol. The first kappa shape index (κ1) is 20.4. The number of hydrogen-bond donors (Lipinski definition) is 2. The van der Waals surface area contributed by atoms with Gasteiger partial charge in [0.25, 0.3) is 5.91 Å². The molecule has 8 nitrogen and oxygen atoms in total. The summed E-state index contributed by atoms with van der Waals surface area (Å²) in [6.45, 7) is 0.563. The van der Waals surface area contributed by atoms with E-state index < -0.39 is 11.5 Å². The molecule has 4 unspecified atom stereocenters. The van der Waals surface area contributed by atoms with E-state index in [0.717, 1.165) is 12.8 Å². The predicted octanol–water partition coefficient (Wildman–Crippen LogP) is 1.85. The van der Waals surface area contributed by atoms with Crippen LogP contribution in [0.15, 0.2) is 33.5 Å². The minimum absolute atomic E-state index is 0.00252. The summed E-state index contributed by atoms with van der Waals surface area (Å²) in [5, 5.41) is 6.62. The van der Waals surface area contributed by atoms with Crippen LogP contribution in [0.3, 0.4) is 0 Å². The Labute approximate surface area is 173 Å². The Balaban J connectivity index is 1.49. The van der Waals surface area contributed by atoms with Gasteiger partial charge in [0, 0.05) is 37.6 Å². The number of carbonyl (C=O) groups is 2. The number of piperidine rings is 1. The molecular weight excluding hydrogens is 388 g/mol. The highest BCUT2D eigenvalue weighted by molar-refractivity contribution is 5.97. The van der Waals surface area contributed by atoms with Crippen molar-refractivity contribution in [2.24, 2.45) is 11.8 Å². The number of carbonyl (C=O) groups excluding carboxylic acids is 2. The Morgan fingerprint density at radius 3 is 2.87 bits per heavy atom. The summed E-state index contributed by atoms with van der Waals surface area (Å²) in [5.74, 6) is 0.539. The molecule has 2 aliphatic rings. The minimum atomic E-state index is -0.704. The maximum absolute atomic E-state index is 12.8. The minimum Gasteiger partial charge on any atom is -0.493 e. The van der Waals surface area contributed by atoms with Gasteiger partial charge in [-0.25, -0.2) is 4.79 Å². The van der Waals surface area contributed by atoms with Crippen molar-refractivity contribution in [1.29, 1.82) is 0 Å². The Hall–Kier alpha value is -2.87. The van der Waals surface area contributed by atoms with Crippen molar-refractivity contribution in [3.63, 3.8) is 0 Å². The third kappa shape index (κ3) is 3.92. The van der Waals surface area contributed by atoms with Crippen LogP contribution in [-0.4, -0.2) is 44.7 Å². The molecule has 8 heteroatoms. The molecule has 0 radical (unpaired) electrons. The molecule has 1 saturated heterocycles. The third-order valence-electron chi connectivity index (χ3n) is 6.21. The highest BCUT2D eigenvalue weighted by Crippen LogP contribution is 2.35. The first-order valence-electron chi connectivity index (χ1n) is 10.2. The number of rotatable bonds is 5. The van der Waals surface area contributed by atoms with Gasteiger partial charge in [0.05, 0.1) is 7.11 Å². The zero-order chi connectivity index (χ0) is 21.3. The fraction of sp³-hybridized carbons (Fsp3) is 0.500. The molecule has 1 aliphatic heterocycles. The van der Waals surface area contributed by atoms with Crippen molar-refractivity contribution < 1.29 is 23.5 Å². The average molecular weight is 414 g/mol. The smallest absolute Gasteiger partial charge is 0.349 e. The van der Waals surface area contributed by atoms with Crippen molar-refractivity contribution >= 4 is 22.8 Å². The molecule has 1 aromatic heterocycles. The van der Waals surface area contributed by atoms with E-state index in [4.69, 9.17) is 13.9 Å². The van der Waals surface area contributed by atoms with Crippen LogP contribution in [0.4, 0.5) is 0 Å². The van der Waals surface area contributed by atoms with E-state index in [1.807, 2.05) is 0 Å². The number of ether oxygens (including phenoxy) is 2. The molecule has 2 heterocycles. The summed E-state index contributed by atoms with van der Waals surface area (Å²) in [7, 11) is 3.14. The summed E-state index contributed by atoms with van der Waals surface area (Å²) >= 11 is 0. The van der Waals surface area contributed by atoms with E-state index >= 15 is 0 Å². The van der Waals surface area contributed by atoms with Gasteiger partial charge in [0.2, 0.25) is 5.91 Å². The van der Waals surface area contributed by atoms with E-state index in [-0.39, 0.29) is 29.5 Å². The molecule has 2 aromatic rings. The summed E-state index contributed by atoms with van der Waals surface area (Å²) in [6, 6.07) is 6.63. The standard InChI is InChI=1S/C22H26N2O6/c1-28-11-13-9-19(25)24-17-10-14(6-7-15(13)17)23-21(26)16-8-12-4-3-5-18(29-2)20(12)30-22(16)27/h3-5,8,13-15,17H,6-7,9-11H2,1-2H3,(H,23,26)(H,24,25). The van der Waals surface area contributed by atoms with Gasteiger partial charge in [0.1, 0.15) is 5.56 Å². The fourth-order valence-electron chi connectivity index (χ4n) is 4.81. The van der Waals surface area contributed by atoms with Crippen LogP contribution in [0.5, 0.6) is 5.75 Å². The first-order chi connectivity index (χ1) is 14.5. The summed E-state index contributed by atoms with van der Waals surface area (Å²) in [4.78, 5) is 37.3. The van der Waals surface area contributed by atoms with Crippen LogP contribution < -0.4 is 21.0 Å². The molecule has 0 bridgehead atoms. The Morgan fingerprint density at radius 1 is 1.27 bits per heavy atom. The second kappa shape index (κ2) is 8.47. The molecule has 1 aromatic carbocycles. The maximum atomic E-state index is 12.8. The SMILES string of the molecule is COCC1CC(=O)NC2CC(NC(=O)c3cc4cccc(OC)c4oc3=O)CCC12. The zero-order valence-electron chi connectivity index (χ0n) is 17.1. The molecule has 4 rings (SSSR count). The lowest BCUT2D eigenvalue weighted by molar-refractivity contribution is -0.128. The van der Waals surface area contributed by atoms with Crippen LogP contribution in [0.2, 0.25) is 0 Å². The van der Waals surface area contributed by atoms with Crippen molar-refractivity contribution in [2.75, 3.05) is 20.8 Å². The van der Waals surface area contributed by atoms with Crippen LogP contribution in [-0.2, 0) is 9.53 Å². The van der Waals surface area contributed by atoms with Crippen molar-refractivity contribution in [2.45, 2.75) is 37.8 Å². The van der Waals surface area contributed by atoms with Gasteiger partial charge in [-0.1, -0.05) is 12.1 Å². The van der Waals surface area contributed by atoms with Gasteiger partial charge in [-0.3, -0.25) is 9.59 Å². The Kier molecular flexibility index (Phi) is 5.76. The molecule has 1 aliphatic carbocycles. The molecule has 2 N–H and O–H groups in total. The van der Waals surface area contributed by atoms with Gasteiger partial charge in [-0.15, -0.1) is 0 Å². The van der Waals surface area contributed by atoms with Crippen LogP contribution in [0.25, 0.3) is 11.0 Å². The molecule has 2 amide bonds. The normalized spacial score (nSPS) is 26.0. The van der Waals surface area contributed by atoms with Crippen molar-refractivity contribution in [3.05, 3.63) is 40.2 Å². The molecule has 30 heavy (non-hydrogen) atoms. The van der Waals surface area contributed by atoms with E-state index in [1.54, 1.807) is 25.3 Å². The number of benzene rings is 1. The lowest BCUT2D eigenvalue weighted by Crippen LogP contribution is -2.56. The van der Waals surface area contributed by atoms with E-state index in [9.17, 15) is 14.4 Å². The van der Waals surface area contributed by atoms with Crippen molar-refractivity contribution in [3.8, 4) is 5.75 Å².